The smallest absolute Gasteiger partial charge is 0.0749 e. The maximum atomic E-state index is 4.81. The number of hydrogen-bond donors (Lipinski definition) is 0. The molecule has 51 heavy (non-hydrogen) atoms. The zero-order valence-corrected chi connectivity index (χ0v) is 28.4. The second-order valence-corrected chi connectivity index (χ2v) is 13.4. The van der Waals surface area contributed by atoms with Crippen LogP contribution in [0.25, 0.3) is 44.6 Å². The van der Waals surface area contributed by atoms with Gasteiger partial charge in [-0.05, 0) is 106 Å². The van der Waals surface area contributed by atoms with Crippen LogP contribution < -0.4 is 4.90 Å². The van der Waals surface area contributed by atoms with Gasteiger partial charge in [-0.25, -0.2) is 0 Å². The highest BCUT2D eigenvalue weighted by atomic mass is 15.1. The average molecular weight is 653 g/mol. The van der Waals surface area contributed by atoms with Crippen LogP contribution in [-0.4, -0.2) is 4.98 Å². The third-order valence-corrected chi connectivity index (χ3v) is 10.4. The number of rotatable bonds is 7. The summed E-state index contributed by atoms with van der Waals surface area (Å²) in [6, 6.07) is 69.8. The quantitative estimate of drug-likeness (QED) is 0.170. The first-order chi connectivity index (χ1) is 25.2. The maximum Gasteiger partial charge on any atom is 0.0749 e. The molecular formula is C49H36N2. The van der Waals surface area contributed by atoms with Crippen LogP contribution >= 0.6 is 0 Å². The Balaban J connectivity index is 1.08. The van der Waals surface area contributed by atoms with Crippen LogP contribution in [0, 0.1) is 0 Å². The minimum atomic E-state index is -0.287. The largest absolute Gasteiger partial charge is 0.311 e. The van der Waals surface area contributed by atoms with Gasteiger partial charge in [0.05, 0.1) is 5.69 Å². The molecular weight excluding hydrogens is 617 g/mol. The summed E-state index contributed by atoms with van der Waals surface area (Å²) in [6.45, 7) is 2.34. The summed E-state index contributed by atoms with van der Waals surface area (Å²) in [4.78, 5) is 7.15. The summed E-state index contributed by atoms with van der Waals surface area (Å²) in [6.07, 6.45) is 1.90. The van der Waals surface area contributed by atoms with Crippen LogP contribution in [0.15, 0.2) is 200 Å². The van der Waals surface area contributed by atoms with Crippen LogP contribution in [0.3, 0.4) is 0 Å². The number of pyridine rings is 1. The molecule has 242 valence electrons. The van der Waals surface area contributed by atoms with E-state index < -0.39 is 0 Å². The predicted molar refractivity (Wildman–Crippen MR) is 213 cm³/mol. The Labute approximate surface area is 300 Å². The molecule has 2 nitrogen and oxygen atoms in total. The van der Waals surface area contributed by atoms with Crippen LogP contribution in [0.1, 0.15) is 23.6 Å². The number of aromatic nitrogens is 1. The summed E-state index contributed by atoms with van der Waals surface area (Å²) in [5.41, 5.74) is 16.4. The Morgan fingerprint density at radius 2 is 0.843 bits per heavy atom. The Morgan fingerprint density at radius 3 is 1.41 bits per heavy atom. The molecule has 0 aliphatic heterocycles. The normalized spacial score (nSPS) is 14.5. The molecule has 1 aliphatic carbocycles. The van der Waals surface area contributed by atoms with E-state index in [1.807, 2.05) is 6.20 Å². The van der Waals surface area contributed by atoms with E-state index in [2.05, 4.69) is 206 Å². The fourth-order valence-corrected chi connectivity index (χ4v) is 7.73. The summed E-state index contributed by atoms with van der Waals surface area (Å²) >= 11 is 0. The van der Waals surface area contributed by atoms with Gasteiger partial charge in [-0.1, -0.05) is 146 Å². The van der Waals surface area contributed by atoms with Gasteiger partial charge in [-0.3, -0.25) is 4.98 Å². The molecule has 2 heteroatoms. The Bertz CT molecular complexity index is 2320. The maximum absolute atomic E-state index is 4.81. The van der Waals surface area contributed by atoms with E-state index in [-0.39, 0.29) is 5.41 Å². The van der Waals surface area contributed by atoms with Gasteiger partial charge in [-0.15, -0.1) is 0 Å². The molecule has 9 rings (SSSR count). The summed E-state index contributed by atoms with van der Waals surface area (Å²) < 4.78 is 0. The molecule has 7 aromatic carbocycles. The number of benzene rings is 7. The minimum absolute atomic E-state index is 0.287. The molecule has 0 saturated heterocycles. The Morgan fingerprint density at radius 1 is 0.392 bits per heavy atom. The standard InChI is InChI=1S/C49H36N2/c1-49(46-19-9-8-18-45(46)48-47(49)20-11-33-50-48)41-17-10-16-40(34-41)39-25-31-44(32-26-39)51(42-27-21-37(22-28-42)35-12-4-2-5-13-35)43-29-23-38(24-30-43)36-14-6-3-7-15-36/h2-34H,1H3. The first kappa shape index (κ1) is 30.5. The van der Waals surface area contributed by atoms with Gasteiger partial charge in [0.1, 0.15) is 0 Å². The second kappa shape index (κ2) is 12.7. The topological polar surface area (TPSA) is 16.1 Å². The molecule has 1 unspecified atom stereocenters. The van der Waals surface area contributed by atoms with Crippen molar-refractivity contribution >= 4 is 17.1 Å². The third-order valence-electron chi connectivity index (χ3n) is 10.4. The first-order valence-corrected chi connectivity index (χ1v) is 17.5. The van der Waals surface area contributed by atoms with Gasteiger partial charge in [0.25, 0.3) is 0 Å². The highest BCUT2D eigenvalue weighted by Gasteiger charge is 2.41. The molecule has 1 heterocycles. The Kier molecular flexibility index (Phi) is 7.63. The fraction of sp³-hybridized carbons (Fsp3) is 0.0408. The van der Waals surface area contributed by atoms with Gasteiger partial charge in [0.15, 0.2) is 0 Å². The molecule has 0 saturated carbocycles. The average Bonchev–Trinajstić information content (AvgIpc) is 3.48. The van der Waals surface area contributed by atoms with Crippen molar-refractivity contribution in [2.45, 2.75) is 12.3 Å². The van der Waals surface area contributed by atoms with E-state index in [1.54, 1.807) is 0 Å². The predicted octanol–water partition coefficient (Wildman–Crippen LogP) is 12.9. The first-order valence-electron chi connectivity index (χ1n) is 17.5. The van der Waals surface area contributed by atoms with Crippen molar-refractivity contribution in [3.05, 3.63) is 217 Å². The zero-order chi connectivity index (χ0) is 34.2. The minimum Gasteiger partial charge on any atom is -0.311 e. The highest BCUT2D eigenvalue weighted by molar-refractivity contribution is 5.83. The molecule has 0 spiro atoms. The van der Waals surface area contributed by atoms with Crippen molar-refractivity contribution in [2.75, 3.05) is 4.90 Å². The Hall–Kier alpha value is -6.51. The molecule has 1 atom stereocenters. The molecule has 8 aromatic rings. The van der Waals surface area contributed by atoms with Crippen molar-refractivity contribution in [3.63, 3.8) is 0 Å². The summed E-state index contributed by atoms with van der Waals surface area (Å²) in [7, 11) is 0. The van der Waals surface area contributed by atoms with Gasteiger partial charge in [-0.2, -0.15) is 0 Å². The van der Waals surface area contributed by atoms with Gasteiger partial charge >= 0.3 is 0 Å². The lowest BCUT2D eigenvalue weighted by molar-refractivity contribution is 0.712. The molecule has 1 aliphatic rings. The second-order valence-electron chi connectivity index (χ2n) is 13.4. The lowest BCUT2D eigenvalue weighted by Crippen LogP contribution is -2.22. The van der Waals surface area contributed by atoms with Crippen molar-refractivity contribution in [3.8, 4) is 44.6 Å². The van der Waals surface area contributed by atoms with Crippen molar-refractivity contribution in [1.82, 2.24) is 4.98 Å². The zero-order valence-electron chi connectivity index (χ0n) is 28.4. The van der Waals surface area contributed by atoms with Crippen molar-refractivity contribution in [1.29, 1.82) is 0 Å². The molecule has 1 aromatic heterocycles. The van der Waals surface area contributed by atoms with Gasteiger partial charge in [0, 0.05) is 34.2 Å². The van der Waals surface area contributed by atoms with Crippen LogP contribution in [0.5, 0.6) is 0 Å². The van der Waals surface area contributed by atoms with Crippen molar-refractivity contribution < 1.29 is 0 Å². The molecule has 0 radical (unpaired) electrons. The number of anilines is 3. The van der Waals surface area contributed by atoms with Crippen molar-refractivity contribution in [2.24, 2.45) is 0 Å². The van der Waals surface area contributed by atoms with Gasteiger partial charge < -0.3 is 4.90 Å². The van der Waals surface area contributed by atoms with Crippen LogP contribution in [0.2, 0.25) is 0 Å². The lowest BCUT2D eigenvalue weighted by Gasteiger charge is -2.28. The van der Waals surface area contributed by atoms with Gasteiger partial charge in [0.2, 0.25) is 0 Å². The van der Waals surface area contributed by atoms with Crippen LogP contribution in [-0.2, 0) is 5.41 Å². The van der Waals surface area contributed by atoms with E-state index in [0.717, 1.165) is 22.8 Å². The summed E-state index contributed by atoms with van der Waals surface area (Å²) in [5.74, 6) is 0. The SMILES string of the molecule is CC1(c2cccc(-c3ccc(N(c4ccc(-c5ccccc5)cc4)c4ccc(-c5ccccc5)cc4)cc3)c2)c2ccccc2-c2ncccc21. The number of fused-ring (bicyclic) bond motifs is 3. The molecule has 0 N–H and O–H groups in total. The third kappa shape index (κ3) is 5.42. The molecule has 0 bridgehead atoms. The number of hydrogen-bond acceptors (Lipinski definition) is 2. The van der Waals surface area contributed by atoms with E-state index >= 15 is 0 Å². The summed E-state index contributed by atoms with van der Waals surface area (Å²) in [5, 5.41) is 0. The molecule has 0 fully saturated rings. The highest BCUT2D eigenvalue weighted by Crippen LogP contribution is 2.51. The van der Waals surface area contributed by atoms with Crippen LogP contribution in [0.4, 0.5) is 17.1 Å². The molecule has 0 amide bonds. The lowest BCUT2D eigenvalue weighted by atomic mass is 9.74. The fourth-order valence-electron chi connectivity index (χ4n) is 7.73. The van der Waals surface area contributed by atoms with E-state index in [1.165, 1.54) is 55.6 Å². The van der Waals surface area contributed by atoms with E-state index in [0.29, 0.717) is 0 Å². The monoisotopic (exact) mass is 652 g/mol. The van der Waals surface area contributed by atoms with E-state index in [4.69, 9.17) is 4.98 Å². The van der Waals surface area contributed by atoms with E-state index in [9.17, 15) is 0 Å². The number of nitrogens with zero attached hydrogens (tertiary/aromatic N) is 2.